The van der Waals surface area contributed by atoms with Crippen LogP contribution in [-0.2, 0) is 4.79 Å². The third-order valence-corrected chi connectivity index (χ3v) is 4.38. The van der Waals surface area contributed by atoms with E-state index in [1.165, 1.54) is 0 Å². The van der Waals surface area contributed by atoms with E-state index in [9.17, 15) is 4.79 Å². The number of nitrogens with two attached hydrogens (primary N) is 1. The molecule has 1 aliphatic heterocycles. The van der Waals surface area contributed by atoms with E-state index in [1.807, 2.05) is 0 Å². The van der Waals surface area contributed by atoms with Gasteiger partial charge in [-0.1, -0.05) is 11.6 Å². The fourth-order valence-corrected chi connectivity index (χ4v) is 2.97. The summed E-state index contributed by atoms with van der Waals surface area (Å²) in [4.78, 5) is 22.3. The van der Waals surface area contributed by atoms with Crippen LogP contribution < -0.4 is 10.5 Å². The number of likely N-dealkylation sites (tertiary alicyclic amines) is 1. The molecule has 0 atom stereocenters. The fourth-order valence-electron chi connectivity index (χ4n) is 2.84. The first-order chi connectivity index (χ1) is 11.7. The summed E-state index contributed by atoms with van der Waals surface area (Å²) in [5.41, 5.74) is 6.25. The van der Waals surface area contributed by atoms with Crippen molar-refractivity contribution in [1.82, 2.24) is 14.9 Å². The molecule has 6 nitrogen and oxygen atoms in total. The molecule has 0 aliphatic carbocycles. The molecule has 1 amide bonds. The molecule has 1 aromatic heterocycles. The van der Waals surface area contributed by atoms with Crippen LogP contribution in [0.5, 0.6) is 11.6 Å². The van der Waals surface area contributed by atoms with E-state index < -0.39 is 0 Å². The number of piperidine rings is 1. The minimum atomic E-state index is -0.00904. The third kappa shape index (κ3) is 3.83. The van der Waals surface area contributed by atoms with Gasteiger partial charge in [0.2, 0.25) is 11.8 Å². The highest BCUT2D eigenvalue weighted by atomic mass is 35.5. The summed E-state index contributed by atoms with van der Waals surface area (Å²) in [6.07, 6.45) is 4.92. The van der Waals surface area contributed by atoms with E-state index in [0.717, 1.165) is 18.5 Å². The first kappa shape index (κ1) is 16.7. The van der Waals surface area contributed by atoms with Gasteiger partial charge in [-0.05, 0) is 37.1 Å². The number of ether oxygens (including phenoxy) is 1. The lowest BCUT2D eigenvalue weighted by Gasteiger charge is -2.31. The summed E-state index contributed by atoms with van der Waals surface area (Å²) in [5.74, 6) is 1.37. The molecular formula is C17H19ClN4O2. The predicted molar refractivity (Wildman–Crippen MR) is 91.2 cm³/mol. The highest BCUT2D eigenvalue weighted by molar-refractivity contribution is 6.30. The lowest BCUT2D eigenvalue weighted by atomic mass is 9.93. The van der Waals surface area contributed by atoms with E-state index in [1.54, 1.807) is 41.6 Å². The molecular weight excluding hydrogens is 328 g/mol. The minimum absolute atomic E-state index is 0.00904. The lowest BCUT2D eigenvalue weighted by molar-refractivity contribution is -0.130. The van der Waals surface area contributed by atoms with Crippen LogP contribution in [-0.4, -0.2) is 40.4 Å². The van der Waals surface area contributed by atoms with Crippen LogP contribution in [0.1, 0.15) is 24.5 Å². The van der Waals surface area contributed by atoms with Crippen molar-refractivity contribution >= 4 is 17.5 Å². The molecule has 7 heteroatoms. The zero-order chi connectivity index (χ0) is 16.9. The first-order valence-electron chi connectivity index (χ1n) is 7.89. The molecule has 1 aromatic carbocycles. The smallest absolute Gasteiger partial charge is 0.241 e. The number of amides is 1. The van der Waals surface area contributed by atoms with Crippen molar-refractivity contribution in [2.24, 2.45) is 5.73 Å². The summed E-state index contributed by atoms with van der Waals surface area (Å²) in [6, 6.07) is 7.13. The Morgan fingerprint density at radius 1 is 1.21 bits per heavy atom. The molecule has 3 rings (SSSR count). The molecule has 2 aromatic rings. The van der Waals surface area contributed by atoms with E-state index in [-0.39, 0.29) is 18.4 Å². The molecule has 0 unspecified atom stereocenters. The number of hydrogen-bond acceptors (Lipinski definition) is 5. The van der Waals surface area contributed by atoms with E-state index >= 15 is 0 Å². The maximum atomic E-state index is 11.7. The second kappa shape index (κ2) is 7.59. The van der Waals surface area contributed by atoms with Crippen LogP contribution in [0.4, 0.5) is 0 Å². The average molecular weight is 347 g/mol. The first-order valence-corrected chi connectivity index (χ1v) is 8.27. The largest absolute Gasteiger partial charge is 0.437 e. The number of carbonyl (C=O) groups is 1. The number of rotatable bonds is 4. The Labute approximate surface area is 145 Å². The molecule has 126 valence electrons. The maximum absolute atomic E-state index is 11.7. The summed E-state index contributed by atoms with van der Waals surface area (Å²) in [6.45, 7) is 1.41. The summed E-state index contributed by atoms with van der Waals surface area (Å²) >= 11 is 5.89. The van der Waals surface area contributed by atoms with Gasteiger partial charge in [-0.15, -0.1) is 0 Å². The Morgan fingerprint density at radius 3 is 2.54 bits per heavy atom. The number of aromatic nitrogens is 2. The highest BCUT2D eigenvalue weighted by Gasteiger charge is 2.26. The van der Waals surface area contributed by atoms with Crippen molar-refractivity contribution in [3.05, 3.63) is 47.4 Å². The summed E-state index contributed by atoms with van der Waals surface area (Å²) < 4.78 is 5.88. The number of carbonyl (C=O) groups excluding carboxylic acids is 1. The molecule has 1 saturated heterocycles. The zero-order valence-electron chi connectivity index (χ0n) is 13.2. The van der Waals surface area contributed by atoms with Gasteiger partial charge in [-0.3, -0.25) is 9.78 Å². The van der Waals surface area contributed by atoms with Crippen LogP contribution in [0.2, 0.25) is 5.02 Å². The average Bonchev–Trinajstić information content (AvgIpc) is 2.63. The molecule has 2 heterocycles. The van der Waals surface area contributed by atoms with Gasteiger partial charge in [0.25, 0.3) is 0 Å². The van der Waals surface area contributed by atoms with Gasteiger partial charge in [0.05, 0.1) is 6.54 Å². The van der Waals surface area contributed by atoms with Crippen LogP contribution >= 0.6 is 11.6 Å². The van der Waals surface area contributed by atoms with E-state index in [4.69, 9.17) is 22.1 Å². The SMILES string of the molecule is NCC(=O)N1CCC(c2nccnc2Oc2ccc(Cl)cc2)CC1. The van der Waals surface area contributed by atoms with E-state index in [2.05, 4.69) is 9.97 Å². The van der Waals surface area contributed by atoms with Gasteiger partial charge < -0.3 is 15.4 Å². The Bertz CT molecular complexity index is 700. The van der Waals surface area contributed by atoms with Gasteiger partial charge in [0.15, 0.2) is 0 Å². The second-order valence-electron chi connectivity index (χ2n) is 5.66. The zero-order valence-corrected chi connectivity index (χ0v) is 13.9. The quantitative estimate of drug-likeness (QED) is 0.920. The van der Waals surface area contributed by atoms with Gasteiger partial charge >= 0.3 is 0 Å². The Balaban J connectivity index is 1.73. The lowest BCUT2D eigenvalue weighted by Crippen LogP contribution is -2.41. The second-order valence-corrected chi connectivity index (χ2v) is 6.10. The Kier molecular flexibility index (Phi) is 5.27. The van der Waals surface area contributed by atoms with Gasteiger partial charge in [0.1, 0.15) is 11.4 Å². The topological polar surface area (TPSA) is 81.3 Å². The molecule has 0 bridgehead atoms. The molecule has 0 spiro atoms. The van der Waals surface area contributed by atoms with Crippen LogP contribution in [0.15, 0.2) is 36.7 Å². The van der Waals surface area contributed by atoms with Crippen LogP contribution in [0, 0.1) is 0 Å². The molecule has 0 saturated carbocycles. The molecule has 2 N–H and O–H groups in total. The third-order valence-electron chi connectivity index (χ3n) is 4.13. The van der Waals surface area contributed by atoms with Crippen LogP contribution in [0.3, 0.4) is 0 Å². The van der Waals surface area contributed by atoms with Gasteiger partial charge in [-0.25, -0.2) is 4.98 Å². The van der Waals surface area contributed by atoms with Crippen molar-refractivity contribution in [3.63, 3.8) is 0 Å². The van der Waals surface area contributed by atoms with Crippen molar-refractivity contribution in [1.29, 1.82) is 0 Å². The van der Waals surface area contributed by atoms with E-state index in [0.29, 0.717) is 29.7 Å². The van der Waals surface area contributed by atoms with Crippen molar-refractivity contribution < 1.29 is 9.53 Å². The molecule has 1 aliphatic rings. The summed E-state index contributed by atoms with van der Waals surface area (Å²) in [7, 11) is 0. The molecule has 0 radical (unpaired) electrons. The number of benzene rings is 1. The van der Waals surface area contributed by atoms with Crippen molar-refractivity contribution in [2.45, 2.75) is 18.8 Å². The predicted octanol–water partition coefficient (Wildman–Crippen LogP) is 2.59. The number of halogens is 1. The Hall–Kier alpha value is -2.18. The Morgan fingerprint density at radius 2 is 1.88 bits per heavy atom. The summed E-state index contributed by atoms with van der Waals surface area (Å²) in [5, 5.41) is 0.652. The monoisotopic (exact) mass is 346 g/mol. The number of hydrogen-bond donors (Lipinski definition) is 1. The fraction of sp³-hybridized carbons (Fsp3) is 0.353. The molecule has 24 heavy (non-hydrogen) atoms. The van der Waals surface area contributed by atoms with Crippen molar-refractivity contribution in [2.75, 3.05) is 19.6 Å². The van der Waals surface area contributed by atoms with Crippen LogP contribution in [0.25, 0.3) is 0 Å². The van der Waals surface area contributed by atoms with Crippen molar-refractivity contribution in [3.8, 4) is 11.6 Å². The van der Waals surface area contributed by atoms with Gasteiger partial charge in [0, 0.05) is 36.4 Å². The standard InChI is InChI=1S/C17H19ClN4O2/c18-13-1-3-14(4-2-13)24-17-16(20-7-8-21-17)12-5-9-22(10-6-12)15(23)11-19/h1-4,7-8,12H,5-6,9-11,19H2. The molecule has 1 fully saturated rings. The normalized spacial score (nSPS) is 15.3. The highest BCUT2D eigenvalue weighted by Crippen LogP contribution is 2.33. The minimum Gasteiger partial charge on any atom is -0.437 e. The maximum Gasteiger partial charge on any atom is 0.241 e. The van der Waals surface area contributed by atoms with Gasteiger partial charge in [-0.2, -0.15) is 0 Å². The number of nitrogens with zero attached hydrogens (tertiary/aromatic N) is 3.